The van der Waals surface area contributed by atoms with Crippen molar-refractivity contribution in [2.75, 3.05) is 18.5 Å². The van der Waals surface area contributed by atoms with Crippen LogP contribution in [-0.4, -0.2) is 27.5 Å². The van der Waals surface area contributed by atoms with Crippen LogP contribution in [0, 0.1) is 0 Å². The third-order valence-electron chi connectivity index (χ3n) is 3.25. The lowest BCUT2D eigenvalue weighted by Crippen LogP contribution is -2.24. The summed E-state index contributed by atoms with van der Waals surface area (Å²) in [4.78, 5) is 12.4. The predicted octanol–water partition coefficient (Wildman–Crippen LogP) is 3.94. The molecule has 0 heterocycles. The monoisotopic (exact) mass is 416 g/mol. The second kappa shape index (κ2) is 8.73. The Balaban J connectivity index is 2.38. The van der Waals surface area contributed by atoms with Gasteiger partial charge >= 0.3 is 0 Å². The van der Waals surface area contributed by atoms with Crippen LogP contribution in [0.1, 0.15) is 24.2 Å². The maximum absolute atomic E-state index is 12.5. The minimum Gasteiger partial charge on any atom is -0.492 e. The maximum atomic E-state index is 12.5. The van der Waals surface area contributed by atoms with E-state index >= 15 is 0 Å². The van der Waals surface area contributed by atoms with Crippen LogP contribution in [0.2, 0.25) is 10.0 Å². The minimum absolute atomic E-state index is 0.0991. The molecule has 0 saturated heterocycles. The Bertz CT molecular complexity index is 897. The van der Waals surface area contributed by atoms with Crippen molar-refractivity contribution in [1.29, 1.82) is 0 Å². The molecule has 0 bridgehead atoms. The third-order valence-corrected chi connectivity index (χ3v) is 5.25. The molecule has 0 radical (unpaired) electrons. The van der Waals surface area contributed by atoms with Crippen LogP contribution in [0.15, 0.2) is 41.3 Å². The molecule has 2 N–H and O–H groups in total. The number of anilines is 1. The molecule has 9 heteroatoms. The number of ether oxygens (including phenoxy) is 1. The van der Waals surface area contributed by atoms with Crippen LogP contribution >= 0.6 is 23.2 Å². The molecule has 0 fully saturated rings. The highest BCUT2D eigenvalue weighted by atomic mass is 35.5. The zero-order chi connectivity index (χ0) is 19.3. The number of nitrogens with one attached hydrogen (secondary N) is 2. The summed E-state index contributed by atoms with van der Waals surface area (Å²) in [5, 5.41) is 3.38. The van der Waals surface area contributed by atoms with Gasteiger partial charge in [-0.1, -0.05) is 30.1 Å². The molecule has 0 aliphatic heterocycles. The van der Waals surface area contributed by atoms with Gasteiger partial charge in [0.05, 0.1) is 6.61 Å². The van der Waals surface area contributed by atoms with E-state index < -0.39 is 15.9 Å². The Hall–Kier alpha value is -1.80. The number of amides is 1. The van der Waals surface area contributed by atoms with Gasteiger partial charge in [0.25, 0.3) is 5.91 Å². The van der Waals surface area contributed by atoms with Crippen molar-refractivity contribution < 1.29 is 17.9 Å². The van der Waals surface area contributed by atoms with Crippen LogP contribution in [0.5, 0.6) is 5.75 Å². The van der Waals surface area contributed by atoms with Gasteiger partial charge in [0, 0.05) is 27.8 Å². The van der Waals surface area contributed by atoms with E-state index in [-0.39, 0.29) is 22.8 Å². The van der Waals surface area contributed by atoms with E-state index in [1.807, 2.05) is 0 Å². The molecule has 26 heavy (non-hydrogen) atoms. The summed E-state index contributed by atoms with van der Waals surface area (Å²) in [5.41, 5.74) is 0.554. The average Bonchev–Trinajstić information content (AvgIpc) is 2.54. The van der Waals surface area contributed by atoms with Gasteiger partial charge in [0.1, 0.15) is 10.6 Å². The normalized spacial score (nSPS) is 11.2. The topological polar surface area (TPSA) is 84.5 Å². The highest BCUT2D eigenvalue weighted by Gasteiger charge is 2.21. The van der Waals surface area contributed by atoms with E-state index in [1.165, 1.54) is 36.4 Å². The van der Waals surface area contributed by atoms with Crippen molar-refractivity contribution in [3.8, 4) is 5.75 Å². The zero-order valence-electron chi connectivity index (χ0n) is 14.2. The van der Waals surface area contributed by atoms with Gasteiger partial charge in [-0.2, -0.15) is 0 Å². The molecular weight excluding hydrogens is 399 g/mol. The summed E-state index contributed by atoms with van der Waals surface area (Å²) in [5.74, 6) is -0.324. The second-order valence-corrected chi connectivity index (χ2v) is 7.82. The van der Waals surface area contributed by atoms with Crippen molar-refractivity contribution in [2.45, 2.75) is 18.7 Å². The number of rotatable bonds is 7. The minimum atomic E-state index is -3.80. The van der Waals surface area contributed by atoms with Gasteiger partial charge in [-0.3, -0.25) is 4.79 Å². The summed E-state index contributed by atoms with van der Waals surface area (Å²) in [7, 11) is -3.80. The number of benzene rings is 2. The molecule has 1 amide bonds. The van der Waals surface area contributed by atoms with E-state index in [9.17, 15) is 13.2 Å². The quantitative estimate of drug-likeness (QED) is 0.715. The molecule has 0 aromatic heterocycles. The van der Waals surface area contributed by atoms with Crippen LogP contribution < -0.4 is 14.8 Å². The number of hydrogen-bond donors (Lipinski definition) is 2. The van der Waals surface area contributed by atoms with E-state index in [4.69, 9.17) is 27.9 Å². The number of halogens is 2. The van der Waals surface area contributed by atoms with Crippen LogP contribution in [0.25, 0.3) is 0 Å². The van der Waals surface area contributed by atoms with E-state index in [1.54, 1.807) is 13.8 Å². The molecule has 0 spiro atoms. The van der Waals surface area contributed by atoms with Gasteiger partial charge in [0.15, 0.2) is 0 Å². The fourth-order valence-electron chi connectivity index (χ4n) is 2.23. The summed E-state index contributed by atoms with van der Waals surface area (Å²) in [6.45, 7) is 3.91. The lowest BCUT2D eigenvalue weighted by molar-refractivity contribution is 0.102. The van der Waals surface area contributed by atoms with Crippen molar-refractivity contribution in [3.63, 3.8) is 0 Å². The Morgan fingerprint density at radius 3 is 2.31 bits per heavy atom. The molecule has 0 saturated carbocycles. The highest BCUT2D eigenvalue weighted by molar-refractivity contribution is 7.89. The molecule has 6 nitrogen and oxygen atoms in total. The molecule has 0 unspecified atom stereocenters. The first-order valence-electron chi connectivity index (χ1n) is 7.80. The second-order valence-electron chi connectivity index (χ2n) is 5.21. The average molecular weight is 417 g/mol. The SMILES string of the molecule is CCNS(=O)(=O)c1cc(C(=O)Nc2cc(Cl)cc(Cl)c2)ccc1OCC. The molecule has 2 aromatic rings. The lowest BCUT2D eigenvalue weighted by atomic mass is 10.2. The largest absolute Gasteiger partial charge is 0.492 e. The number of sulfonamides is 1. The molecule has 140 valence electrons. The number of hydrogen-bond acceptors (Lipinski definition) is 4. The molecule has 2 rings (SSSR count). The Kier molecular flexibility index (Phi) is 6.88. The summed E-state index contributed by atoms with van der Waals surface area (Å²) < 4.78 is 32.5. The first kappa shape index (κ1) is 20.5. The lowest BCUT2D eigenvalue weighted by Gasteiger charge is -2.13. The van der Waals surface area contributed by atoms with E-state index in [2.05, 4.69) is 10.0 Å². The summed E-state index contributed by atoms with van der Waals surface area (Å²) in [6, 6.07) is 8.82. The fourth-order valence-corrected chi connectivity index (χ4v) is 3.97. The van der Waals surface area contributed by atoms with Gasteiger partial charge in [-0.05, 0) is 43.3 Å². The fraction of sp³-hybridized carbons (Fsp3) is 0.235. The Morgan fingerprint density at radius 1 is 1.08 bits per heavy atom. The molecule has 0 atom stereocenters. The van der Waals surface area contributed by atoms with Crippen molar-refractivity contribution >= 4 is 44.8 Å². The Morgan fingerprint density at radius 2 is 1.73 bits per heavy atom. The van der Waals surface area contributed by atoms with Crippen LogP contribution in [0.3, 0.4) is 0 Å². The first-order valence-corrected chi connectivity index (χ1v) is 10.0. The van der Waals surface area contributed by atoms with Crippen LogP contribution in [0.4, 0.5) is 5.69 Å². The van der Waals surface area contributed by atoms with Crippen molar-refractivity contribution in [3.05, 3.63) is 52.0 Å². The first-order chi connectivity index (χ1) is 12.3. The predicted molar refractivity (Wildman–Crippen MR) is 103 cm³/mol. The molecule has 0 aliphatic rings. The summed E-state index contributed by atoms with van der Waals surface area (Å²) in [6.07, 6.45) is 0. The standard InChI is InChI=1S/C17H18Cl2N2O4S/c1-3-20-26(23,24)16-7-11(5-6-15(16)25-4-2)17(22)21-14-9-12(18)8-13(19)10-14/h5-10,20H,3-4H2,1-2H3,(H,21,22). The van der Waals surface area contributed by atoms with Crippen molar-refractivity contribution in [2.24, 2.45) is 0 Å². The highest BCUT2D eigenvalue weighted by Crippen LogP contribution is 2.27. The van der Waals surface area contributed by atoms with Gasteiger partial charge in [-0.15, -0.1) is 0 Å². The molecule has 2 aromatic carbocycles. The summed E-state index contributed by atoms with van der Waals surface area (Å²) >= 11 is 11.8. The smallest absolute Gasteiger partial charge is 0.255 e. The van der Waals surface area contributed by atoms with Crippen LogP contribution in [-0.2, 0) is 10.0 Å². The van der Waals surface area contributed by atoms with E-state index in [0.717, 1.165) is 0 Å². The van der Waals surface area contributed by atoms with Gasteiger partial charge < -0.3 is 10.1 Å². The third kappa shape index (κ3) is 5.11. The van der Waals surface area contributed by atoms with Gasteiger partial charge in [0.2, 0.25) is 10.0 Å². The van der Waals surface area contributed by atoms with Crippen molar-refractivity contribution in [1.82, 2.24) is 4.72 Å². The number of carbonyl (C=O) groups is 1. The molecular formula is C17H18Cl2N2O4S. The zero-order valence-corrected chi connectivity index (χ0v) is 16.5. The van der Waals surface area contributed by atoms with E-state index in [0.29, 0.717) is 22.3 Å². The molecule has 0 aliphatic carbocycles. The Labute approximate surface area is 162 Å². The maximum Gasteiger partial charge on any atom is 0.255 e. The van der Waals surface area contributed by atoms with Gasteiger partial charge in [-0.25, -0.2) is 13.1 Å². The number of carbonyl (C=O) groups excluding carboxylic acids is 1.